The molecule has 0 aromatic rings. The third kappa shape index (κ3) is 8.96. The van der Waals surface area contributed by atoms with Crippen molar-refractivity contribution in [3.05, 3.63) is 47.1 Å². The van der Waals surface area contributed by atoms with E-state index in [4.69, 9.17) is 47.4 Å². The standard InChI is InChI=1S/C44H66O14/c1-23-14-15-43(52-21-23)20-31-17-30(58-43)13-12-25(3)39(24(2)10-9-11-29-22-51-41-37(45)26(4)16-32(42(47)55-31)44(29,41)48)56-36-19-34(50-8)40(28(6)54-36)57-35-18-33(49-7)38(46)27(5)53-35/h9-12,16,23-24,27-28,30-41,45-46,48H,13-15,17-22H2,1-8H3/b10-9+,25-12+,29-11+/t23-,24-,27-,28-,30+,31-,32-,33-,34-,35-,36-,37+,38-,39-,40-,41+,43-,44+/m0/s1. The molecule has 7 aliphatic rings. The van der Waals surface area contributed by atoms with Gasteiger partial charge in [-0.1, -0.05) is 44.2 Å². The number of allylic oxidation sites excluding steroid dienone is 2. The maximum atomic E-state index is 14.1. The lowest BCUT2D eigenvalue weighted by atomic mass is 9.71. The highest BCUT2D eigenvalue weighted by Crippen LogP contribution is 2.47. The summed E-state index contributed by atoms with van der Waals surface area (Å²) in [5, 5.41) is 34.0. The summed E-state index contributed by atoms with van der Waals surface area (Å²) in [5.41, 5.74) is 0.195. The second-order valence-corrected chi connectivity index (χ2v) is 17.8. The van der Waals surface area contributed by atoms with Crippen molar-refractivity contribution in [3.63, 3.8) is 0 Å². The normalized spacial score (nSPS) is 50.1. The number of aliphatic hydroxyl groups is 3. The SMILES string of the molecule is CO[C@H]1C[C@H](O[C@H]2[C@H](C)O[C@@H](O[C@@H]3/C(C)=C/C[C@@H]4C[C@@H](C[C@]5(CC[C@H](C)CO5)O4)OC(=O)[C@@H]4C=C(C)[C@@H](O)[C@H]5OC/C(=C\C=C\[C@@H]3C)[C@]54O)C[C@@H]2OC)O[C@@H](C)[C@@H]1O. The van der Waals surface area contributed by atoms with E-state index < -0.39 is 90.8 Å². The number of carbonyl (C=O) groups is 1. The molecule has 1 spiro atoms. The molecule has 7 rings (SSSR count). The van der Waals surface area contributed by atoms with Gasteiger partial charge in [0.2, 0.25) is 0 Å². The van der Waals surface area contributed by atoms with Crippen LogP contribution in [0, 0.1) is 17.8 Å². The van der Waals surface area contributed by atoms with Gasteiger partial charge in [0, 0.05) is 52.2 Å². The van der Waals surface area contributed by atoms with Crippen LogP contribution in [0.4, 0.5) is 0 Å². The zero-order chi connectivity index (χ0) is 41.5. The van der Waals surface area contributed by atoms with Crippen molar-refractivity contribution in [2.45, 2.75) is 178 Å². The molecule has 0 amide bonds. The Bertz CT molecular complexity index is 1570. The van der Waals surface area contributed by atoms with Crippen molar-refractivity contribution in [1.29, 1.82) is 0 Å². The van der Waals surface area contributed by atoms with Crippen LogP contribution in [0.1, 0.15) is 86.5 Å². The summed E-state index contributed by atoms with van der Waals surface area (Å²) < 4.78 is 62.8. The van der Waals surface area contributed by atoms with E-state index in [2.05, 4.69) is 19.9 Å². The molecule has 58 heavy (non-hydrogen) atoms. The van der Waals surface area contributed by atoms with Crippen LogP contribution in [-0.4, -0.2) is 140 Å². The first-order valence-electron chi connectivity index (χ1n) is 21.3. The minimum absolute atomic E-state index is 0.0438. The van der Waals surface area contributed by atoms with Crippen LogP contribution in [0.5, 0.6) is 0 Å². The van der Waals surface area contributed by atoms with Crippen LogP contribution in [0.15, 0.2) is 47.1 Å². The Kier molecular flexibility index (Phi) is 13.8. The number of fused-ring (bicyclic) bond motifs is 2. The molecule has 6 aliphatic heterocycles. The zero-order valence-electron chi connectivity index (χ0n) is 35.3. The third-order valence-electron chi connectivity index (χ3n) is 13.5. The zero-order valence-corrected chi connectivity index (χ0v) is 35.3. The summed E-state index contributed by atoms with van der Waals surface area (Å²) in [7, 11) is 3.22. The molecule has 18 atom stereocenters. The molecule has 2 bridgehead atoms. The van der Waals surface area contributed by atoms with Crippen LogP contribution < -0.4 is 0 Å². The van der Waals surface area contributed by atoms with E-state index in [9.17, 15) is 20.1 Å². The summed E-state index contributed by atoms with van der Waals surface area (Å²) in [6.45, 7) is 12.3. The quantitative estimate of drug-likeness (QED) is 0.258. The molecule has 0 aromatic heterocycles. The fraction of sp³-hybridized carbons (Fsp3) is 0.795. The van der Waals surface area contributed by atoms with Crippen LogP contribution in [0.25, 0.3) is 0 Å². The number of hydrogen-bond donors (Lipinski definition) is 3. The number of methoxy groups -OCH3 is 2. The second-order valence-electron chi connectivity index (χ2n) is 17.8. The molecule has 14 heteroatoms. The number of ether oxygens (including phenoxy) is 10. The third-order valence-corrected chi connectivity index (χ3v) is 13.5. The van der Waals surface area contributed by atoms with Gasteiger partial charge in [0.15, 0.2) is 18.4 Å². The molecule has 6 heterocycles. The van der Waals surface area contributed by atoms with Crippen molar-refractivity contribution in [1.82, 2.24) is 0 Å². The molecule has 3 N–H and O–H groups in total. The Labute approximate surface area is 342 Å². The molecule has 14 nitrogen and oxygen atoms in total. The highest BCUT2D eigenvalue weighted by Gasteiger charge is 2.60. The van der Waals surface area contributed by atoms with Gasteiger partial charge in [-0.3, -0.25) is 4.79 Å². The van der Waals surface area contributed by atoms with E-state index in [1.165, 1.54) is 0 Å². The highest BCUT2D eigenvalue weighted by molar-refractivity contribution is 5.78. The summed E-state index contributed by atoms with van der Waals surface area (Å²) in [4.78, 5) is 14.1. The maximum absolute atomic E-state index is 14.1. The number of hydrogen-bond acceptors (Lipinski definition) is 14. The largest absolute Gasteiger partial charge is 0.462 e. The van der Waals surface area contributed by atoms with Crippen molar-refractivity contribution in [2.24, 2.45) is 17.8 Å². The summed E-state index contributed by atoms with van der Waals surface area (Å²) >= 11 is 0. The van der Waals surface area contributed by atoms with Gasteiger partial charge in [0.1, 0.15) is 42.0 Å². The Morgan fingerprint density at radius 3 is 2.34 bits per heavy atom. The van der Waals surface area contributed by atoms with Crippen LogP contribution in [-0.2, 0) is 52.2 Å². The molecule has 5 fully saturated rings. The molecular weight excluding hydrogens is 752 g/mol. The first kappa shape index (κ1) is 44.0. The lowest BCUT2D eigenvalue weighted by Crippen LogP contribution is -2.58. The van der Waals surface area contributed by atoms with Gasteiger partial charge in [0.05, 0.1) is 49.8 Å². The number of carbonyl (C=O) groups excluding carboxylic acids is 1. The van der Waals surface area contributed by atoms with E-state index in [1.807, 2.05) is 26.0 Å². The van der Waals surface area contributed by atoms with E-state index in [0.29, 0.717) is 62.2 Å². The lowest BCUT2D eigenvalue weighted by molar-refractivity contribution is -0.318. The Hall–Kier alpha value is -2.05. The first-order valence-corrected chi connectivity index (χ1v) is 21.3. The Morgan fingerprint density at radius 2 is 1.62 bits per heavy atom. The maximum Gasteiger partial charge on any atom is 0.316 e. The molecule has 1 aliphatic carbocycles. The van der Waals surface area contributed by atoms with E-state index >= 15 is 0 Å². The summed E-state index contributed by atoms with van der Waals surface area (Å²) in [6.07, 6.45) is 5.65. The lowest BCUT2D eigenvalue weighted by Gasteiger charge is -2.47. The predicted octanol–water partition coefficient (Wildman–Crippen LogP) is 4.19. The minimum atomic E-state index is -1.81. The molecule has 0 saturated carbocycles. The fourth-order valence-corrected chi connectivity index (χ4v) is 9.95. The van der Waals surface area contributed by atoms with Gasteiger partial charge in [-0.05, 0) is 63.2 Å². The topological polar surface area (TPSA) is 170 Å². The van der Waals surface area contributed by atoms with Crippen molar-refractivity contribution >= 4 is 5.97 Å². The van der Waals surface area contributed by atoms with Gasteiger partial charge in [-0.25, -0.2) is 0 Å². The predicted molar refractivity (Wildman–Crippen MR) is 209 cm³/mol. The smallest absolute Gasteiger partial charge is 0.316 e. The highest BCUT2D eigenvalue weighted by atomic mass is 16.7. The van der Waals surface area contributed by atoms with Crippen LogP contribution in [0.3, 0.4) is 0 Å². The average Bonchev–Trinajstić information content (AvgIpc) is 3.53. The molecule has 5 saturated heterocycles. The molecule has 0 radical (unpaired) electrons. The fourth-order valence-electron chi connectivity index (χ4n) is 9.95. The molecular formula is C44H66O14. The van der Waals surface area contributed by atoms with E-state index in [0.717, 1.165) is 12.0 Å². The van der Waals surface area contributed by atoms with Crippen molar-refractivity contribution in [3.8, 4) is 0 Å². The summed E-state index contributed by atoms with van der Waals surface area (Å²) in [5.74, 6) is -2.32. The molecule has 326 valence electrons. The van der Waals surface area contributed by atoms with E-state index in [-0.39, 0.29) is 24.7 Å². The second kappa shape index (κ2) is 18.1. The van der Waals surface area contributed by atoms with Gasteiger partial charge in [-0.15, -0.1) is 0 Å². The Morgan fingerprint density at radius 1 is 0.897 bits per heavy atom. The van der Waals surface area contributed by atoms with Crippen LogP contribution in [0.2, 0.25) is 0 Å². The van der Waals surface area contributed by atoms with Gasteiger partial charge < -0.3 is 62.7 Å². The van der Waals surface area contributed by atoms with E-state index in [1.54, 1.807) is 40.2 Å². The Balaban J connectivity index is 1.16. The monoisotopic (exact) mass is 818 g/mol. The molecule has 0 unspecified atom stereocenters. The van der Waals surface area contributed by atoms with Gasteiger partial charge in [-0.2, -0.15) is 0 Å². The minimum Gasteiger partial charge on any atom is -0.462 e. The first-order chi connectivity index (χ1) is 27.6. The van der Waals surface area contributed by atoms with Gasteiger partial charge in [0.25, 0.3) is 0 Å². The summed E-state index contributed by atoms with van der Waals surface area (Å²) in [6, 6.07) is 0. The number of aliphatic hydroxyl groups excluding tert-OH is 2. The van der Waals surface area contributed by atoms with Crippen LogP contribution >= 0.6 is 0 Å². The van der Waals surface area contributed by atoms with Crippen molar-refractivity contribution < 1.29 is 67.5 Å². The average molecular weight is 819 g/mol. The van der Waals surface area contributed by atoms with Crippen molar-refractivity contribution in [2.75, 3.05) is 27.4 Å². The molecule has 0 aromatic carbocycles. The number of rotatable bonds is 6. The van der Waals surface area contributed by atoms with Gasteiger partial charge >= 0.3 is 5.97 Å². The number of esters is 1.